The second-order valence-corrected chi connectivity index (χ2v) is 13.3. The van der Waals surface area contributed by atoms with Crippen molar-refractivity contribution in [3.63, 3.8) is 0 Å². The minimum Gasteiger partial charge on any atom is -0.494 e. The topological polar surface area (TPSA) is 136 Å². The molecular weight excluding hydrogens is 621 g/mol. The van der Waals surface area contributed by atoms with Gasteiger partial charge >= 0.3 is 0 Å². The molecule has 0 fully saturated rings. The first kappa shape index (κ1) is 30.3. The largest absolute Gasteiger partial charge is 0.494 e. The SMILES string of the molecule is CCOc1cc2ncnc(Nc3ccc(F)c(Cl)c3)c2cc1CC(=O)Cn1nc(SCCCS(=O)(=O)O)sc1=S. The molecule has 2 aromatic carbocycles. The van der Waals surface area contributed by atoms with Crippen LogP contribution in [0.15, 0.2) is 41.0 Å². The summed E-state index contributed by atoms with van der Waals surface area (Å²) in [5.41, 5.74) is 1.74. The Labute approximate surface area is 247 Å². The van der Waals surface area contributed by atoms with Crippen molar-refractivity contribution in [1.29, 1.82) is 0 Å². The Balaban J connectivity index is 1.52. The number of benzene rings is 2. The van der Waals surface area contributed by atoms with Gasteiger partial charge < -0.3 is 10.1 Å². The summed E-state index contributed by atoms with van der Waals surface area (Å²) in [6.07, 6.45) is 1.67. The van der Waals surface area contributed by atoms with Gasteiger partial charge in [0.1, 0.15) is 30.3 Å². The number of ether oxygens (including phenoxy) is 1. The van der Waals surface area contributed by atoms with E-state index in [1.807, 2.05) is 6.92 Å². The molecule has 2 heterocycles. The van der Waals surface area contributed by atoms with Gasteiger partial charge in [-0.2, -0.15) is 13.5 Å². The molecule has 0 saturated heterocycles. The van der Waals surface area contributed by atoms with Crippen molar-refractivity contribution in [3.8, 4) is 5.75 Å². The molecule has 0 unspecified atom stereocenters. The summed E-state index contributed by atoms with van der Waals surface area (Å²) in [7, 11) is -4.01. The maximum atomic E-state index is 13.6. The van der Waals surface area contributed by atoms with Crippen LogP contribution in [0.25, 0.3) is 10.9 Å². The first-order chi connectivity index (χ1) is 19.0. The van der Waals surface area contributed by atoms with Crippen LogP contribution in [-0.2, 0) is 27.9 Å². The van der Waals surface area contributed by atoms with Gasteiger partial charge in [0.25, 0.3) is 10.1 Å². The lowest BCUT2D eigenvalue weighted by Gasteiger charge is -2.14. The van der Waals surface area contributed by atoms with Crippen LogP contribution < -0.4 is 10.1 Å². The minimum absolute atomic E-state index is 0.0259. The van der Waals surface area contributed by atoms with Crippen molar-refractivity contribution in [2.24, 2.45) is 0 Å². The Hall–Kier alpha value is -2.69. The first-order valence-corrected chi connectivity index (χ1v) is 16.0. The van der Waals surface area contributed by atoms with E-state index in [1.54, 1.807) is 12.1 Å². The maximum Gasteiger partial charge on any atom is 0.264 e. The number of nitrogens with zero attached hydrogens (tertiary/aromatic N) is 4. The van der Waals surface area contributed by atoms with Gasteiger partial charge in [-0.05, 0) is 49.8 Å². The van der Waals surface area contributed by atoms with Crippen LogP contribution in [0.5, 0.6) is 5.75 Å². The van der Waals surface area contributed by atoms with E-state index in [0.29, 0.717) is 54.4 Å². The van der Waals surface area contributed by atoms with E-state index >= 15 is 0 Å². The van der Waals surface area contributed by atoms with E-state index in [0.717, 1.165) is 0 Å². The molecule has 0 spiro atoms. The van der Waals surface area contributed by atoms with Crippen LogP contribution in [0, 0.1) is 9.77 Å². The number of anilines is 2. The highest BCUT2D eigenvalue weighted by atomic mass is 35.5. The van der Waals surface area contributed by atoms with Gasteiger partial charge in [-0.15, -0.1) is 0 Å². The fourth-order valence-corrected chi connectivity index (χ4v) is 6.86. The van der Waals surface area contributed by atoms with E-state index in [2.05, 4.69) is 20.4 Å². The average Bonchev–Trinajstić information content (AvgIpc) is 3.23. The second-order valence-electron chi connectivity index (χ2n) is 8.38. The van der Waals surface area contributed by atoms with Gasteiger partial charge in [-0.25, -0.2) is 19.0 Å². The van der Waals surface area contributed by atoms with Crippen LogP contribution in [0.4, 0.5) is 15.9 Å². The molecule has 0 atom stereocenters. The van der Waals surface area contributed by atoms with Crippen LogP contribution in [0.1, 0.15) is 18.9 Å². The highest BCUT2D eigenvalue weighted by Crippen LogP contribution is 2.31. The monoisotopic (exact) mass is 643 g/mol. The molecule has 2 N–H and O–H groups in total. The van der Waals surface area contributed by atoms with E-state index in [1.165, 1.54) is 52.3 Å². The number of ketones is 1. The number of halogens is 2. The summed E-state index contributed by atoms with van der Waals surface area (Å²) in [5.74, 6) is 0.342. The van der Waals surface area contributed by atoms with Crippen LogP contribution in [0.3, 0.4) is 0 Å². The van der Waals surface area contributed by atoms with E-state index in [4.69, 9.17) is 33.1 Å². The number of carbonyl (C=O) groups is 1. The predicted octanol–water partition coefficient (Wildman–Crippen LogP) is 5.73. The zero-order valence-corrected chi connectivity index (χ0v) is 25.0. The summed E-state index contributed by atoms with van der Waals surface area (Å²) < 4.78 is 52.4. The van der Waals surface area contributed by atoms with Gasteiger partial charge in [0.05, 0.1) is 22.9 Å². The van der Waals surface area contributed by atoms with Gasteiger partial charge in [-0.3, -0.25) is 9.35 Å². The lowest BCUT2D eigenvalue weighted by atomic mass is 10.0. The third kappa shape index (κ3) is 8.17. The van der Waals surface area contributed by atoms with E-state index in [9.17, 15) is 17.6 Å². The molecule has 16 heteroatoms. The predicted molar refractivity (Wildman–Crippen MR) is 157 cm³/mol. The van der Waals surface area contributed by atoms with Gasteiger partial charge in [-0.1, -0.05) is 34.7 Å². The van der Waals surface area contributed by atoms with E-state index in [-0.39, 0.29) is 35.9 Å². The maximum absolute atomic E-state index is 13.6. The summed E-state index contributed by atoms with van der Waals surface area (Å²) >= 11 is 13.8. The Bertz CT molecular complexity index is 1710. The number of aromatic nitrogens is 4. The summed E-state index contributed by atoms with van der Waals surface area (Å²) in [6.45, 7) is 2.16. The van der Waals surface area contributed by atoms with Crippen molar-refractivity contribution in [2.75, 3.05) is 23.4 Å². The number of nitrogens with one attached hydrogen (secondary N) is 1. The second kappa shape index (κ2) is 13.3. The molecule has 0 aliphatic rings. The molecular formula is C24H23ClFN5O5S4. The third-order valence-electron chi connectivity index (χ3n) is 5.37. The van der Waals surface area contributed by atoms with Crippen LogP contribution in [0.2, 0.25) is 5.02 Å². The third-order valence-corrected chi connectivity index (χ3v) is 8.99. The number of hydrogen-bond donors (Lipinski definition) is 2. The average molecular weight is 644 g/mol. The summed E-state index contributed by atoms with van der Waals surface area (Å²) in [4.78, 5) is 21.7. The number of rotatable bonds is 13. The smallest absolute Gasteiger partial charge is 0.264 e. The molecule has 2 aromatic heterocycles. The lowest BCUT2D eigenvalue weighted by Crippen LogP contribution is -2.14. The quantitative estimate of drug-likeness (QED) is 0.0799. The van der Waals surface area contributed by atoms with Crippen molar-refractivity contribution in [3.05, 3.63) is 57.0 Å². The Kier molecular flexibility index (Phi) is 10.1. The molecule has 40 heavy (non-hydrogen) atoms. The molecule has 4 aromatic rings. The van der Waals surface area contributed by atoms with Crippen molar-refractivity contribution < 1.29 is 26.9 Å². The number of hydrogen-bond acceptors (Lipinski definition) is 11. The molecule has 212 valence electrons. The first-order valence-electron chi connectivity index (χ1n) is 11.8. The highest BCUT2D eigenvalue weighted by Gasteiger charge is 2.16. The van der Waals surface area contributed by atoms with E-state index < -0.39 is 15.9 Å². The molecule has 0 saturated carbocycles. The number of fused-ring (bicyclic) bond motifs is 1. The van der Waals surface area contributed by atoms with Gasteiger partial charge in [0.15, 0.2) is 14.1 Å². The Morgan fingerprint density at radius 3 is 2.83 bits per heavy atom. The van der Waals surface area contributed by atoms with Crippen molar-refractivity contribution in [2.45, 2.75) is 30.6 Å². The normalized spacial score (nSPS) is 11.6. The minimum atomic E-state index is -4.01. The zero-order chi connectivity index (χ0) is 28.9. The Morgan fingerprint density at radius 1 is 1.30 bits per heavy atom. The molecule has 10 nitrogen and oxygen atoms in total. The highest BCUT2D eigenvalue weighted by molar-refractivity contribution is 8.01. The summed E-state index contributed by atoms with van der Waals surface area (Å²) in [5, 5.41) is 8.09. The molecule has 4 rings (SSSR count). The van der Waals surface area contributed by atoms with Crippen molar-refractivity contribution >= 4 is 85.2 Å². The van der Waals surface area contributed by atoms with Crippen LogP contribution >= 0.6 is 46.9 Å². The molecule has 0 radical (unpaired) electrons. The Morgan fingerprint density at radius 2 is 2.10 bits per heavy atom. The molecule has 0 bridgehead atoms. The fourth-order valence-electron chi connectivity index (χ4n) is 3.65. The number of thioether (sulfide) groups is 1. The standard InChI is InChI=1S/C24H23ClFN5O5S4/c1-2-36-21-11-20-17(22(28-13-27-20)29-15-4-5-19(26)18(25)10-15)9-14(21)8-16(32)12-31-24(37)39-23(30-31)38-6-3-7-40(33,34)35/h4-5,9-11,13H,2-3,6-8,12H2,1H3,(H,27,28,29)(H,33,34,35). The number of Topliss-reactive ketones (excluding diaryl/α,β-unsaturated/α-hetero) is 1. The summed E-state index contributed by atoms with van der Waals surface area (Å²) in [6, 6.07) is 7.75. The van der Waals surface area contributed by atoms with Crippen LogP contribution in [-0.4, -0.2) is 56.6 Å². The van der Waals surface area contributed by atoms with Gasteiger partial charge in [0, 0.05) is 34.9 Å². The molecule has 0 aliphatic heterocycles. The van der Waals surface area contributed by atoms with Crippen molar-refractivity contribution in [1.82, 2.24) is 19.7 Å². The molecule has 0 aliphatic carbocycles. The zero-order valence-electron chi connectivity index (χ0n) is 21.0. The number of carbonyl (C=O) groups excluding carboxylic acids is 1. The fraction of sp³-hybridized carbons (Fsp3) is 0.292. The van der Waals surface area contributed by atoms with Gasteiger partial charge in [0.2, 0.25) is 0 Å². The lowest BCUT2D eigenvalue weighted by molar-refractivity contribution is -0.119. The molecule has 0 amide bonds.